The Labute approximate surface area is 133 Å². The summed E-state index contributed by atoms with van der Waals surface area (Å²) in [5.41, 5.74) is 10.2. The first-order chi connectivity index (χ1) is 10.3. The first kappa shape index (κ1) is 16.5. The minimum Gasteiger partial charge on any atom is -0.444 e. The van der Waals surface area contributed by atoms with E-state index in [9.17, 15) is 9.59 Å². The van der Waals surface area contributed by atoms with E-state index < -0.39 is 11.7 Å². The average Bonchev–Trinajstić information content (AvgIpc) is 3.17. The maximum Gasteiger partial charge on any atom is 0.405 e. The van der Waals surface area contributed by atoms with Gasteiger partial charge < -0.3 is 21.5 Å². The first-order valence-corrected chi connectivity index (χ1v) is 8.13. The van der Waals surface area contributed by atoms with E-state index in [1.807, 2.05) is 13.8 Å². The molecule has 2 rings (SSSR count). The summed E-state index contributed by atoms with van der Waals surface area (Å²) in [6.45, 7) is 4.27. The van der Waals surface area contributed by atoms with Crippen molar-refractivity contribution in [1.82, 2.24) is 4.98 Å². The van der Waals surface area contributed by atoms with Crippen molar-refractivity contribution in [2.24, 2.45) is 11.7 Å². The SMILES string of the molecule is CC(C)(CCCNc1nc(N)c(C(=O)C2CC2)s1)OC(N)=O. The molecule has 0 saturated heterocycles. The van der Waals surface area contributed by atoms with Gasteiger partial charge in [-0.25, -0.2) is 9.78 Å². The van der Waals surface area contributed by atoms with Crippen molar-refractivity contribution in [3.8, 4) is 0 Å². The lowest BCUT2D eigenvalue weighted by Gasteiger charge is -2.23. The number of aromatic nitrogens is 1. The van der Waals surface area contributed by atoms with Crippen molar-refractivity contribution < 1.29 is 14.3 Å². The zero-order valence-electron chi connectivity index (χ0n) is 12.8. The maximum absolute atomic E-state index is 12.0. The normalized spacial score (nSPS) is 14.6. The summed E-state index contributed by atoms with van der Waals surface area (Å²) in [6, 6.07) is 0. The Bertz CT molecular complexity index is 566. The summed E-state index contributed by atoms with van der Waals surface area (Å²) in [5, 5.41) is 3.80. The zero-order valence-corrected chi connectivity index (χ0v) is 13.7. The van der Waals surface area contributed by atoms with Crippen LogP contribution in [0.1, 0.15) is 49.2 Å². The molecule has 0 bridgehead atoms. The smallest absolute Gasteiger partial charge is 0.405 e. The van der Waals surface area contributed by atoms with Crippen LogP contribution in [0.4, 0.5) is 15.7 Å². The number of rotatable bonds is 8. The second-order valence-electron chi connectivity index (χ2n) is 6.08. The average molecular weight is 326 g/mol. The van der Waals surface area contributed by atoms with Gasteiger partial charge in [-0.15, -0.1) is 0 Å². The molecule has 0 unspecified atom stereocenters. The lowest BCUT2D eigenvalue weighted by atomic mass is 10.0. The Morgan fingerprint density at radius 1 is 1.45 bits per heavy atom. The molecule has 1 aliphatic carbocycles. The number of hydrogen-bond acceptors (Lipinski definition) is 7. The number of hydrogen-bond donors (Lipinski definition) is 3. The van der Waals surface area contributed by atoms with Crippen LogP contribution in [0.15, 0.2) is 0 Å². The van der Waals surface area contributed by atoms with E-state index in [2.05, 4.69) is 10.3 Å². The number of carbonyl (C=O) groups is 2. The second kappa shape index (κ2) is 6.51. The molecule has 0 aromatic carbocycles. The van der Waals surface area contributed by atoms with Crippen LogP contribution in [-0.2, 0) is 4.74 Å². The maximum atomic E-state index is 12.0. The Morgan fingerprint density at radius 3 is 2.73 bits per heavy atom. The van der Waals surface area contributed by atoms with Crippen LogP contribution in [0.2, 0.25) is 0 Å². The molecule has 1 amide bonds. The summed E-state index contributed by atoms with van der Waals surface area (Å²) in [5.74, 6) is 0.559. The van der Waals surface area contributed by atoms with Crippen LogP contribution < -0.4 is 16.8 Å². The van der Waals surface area contributed by atoms with Crippen LogP contribution in [0, 0.1) is 5.92 Å². The fraction of sp³-hybridized carbons (Fsp3) is 0.643. The first-order valence-electron chi connectivity index (χ1n) is 7.31. The monoisotopic (exact) mass is 326 g/mol. The molecule has 8 heteroatoms. The number of primary amides is 1. The molecule has 7 nitrogen and oxygen atoms in total. The largest absolute Gasteiger partial charge is 0.444 e. The molecule has 1 aromatic rings. The van der Waals surface area contributed by atoms with Gasteiger partial charge in [0.05, 0.1) is 0 Å². The number of nitrogens with zero attached hydrogens (tertiary/aromatic N) is 1. The summed E-state index contributed by atoms with van der Waals surface area (Å²) < 4.78 is 5.01. The minimum absolute atomic E-state index is 0.110. The van der Waals surface area contributed by atoms with Crippen molar-refractivity contribution in [2.75, 3.05) is 17.6 Å². The quantitative estimate of drug-likeness (QED) is 0.498. The topological polar surface area (TPSA) is 120 Å². The standard InChI is InChI=1S/C14H22N4O3S/c1-14(2,21-12(16)20)6-3-7-17-13-18-11(15)10(22-13)9(19)8-4-5-8/h8H,3-7,15H2,1-2H3,(H2,16,20)(H,17,18). The van der Waals surface area contributed by atoms with E-state index in [1.165, 1.54) is 11.3 Å². The third kappa shape index (κ3) is 4.59. The number of nitrogen functional groups attached to an aromatic ring is 1. The Morgan fingerprint density at radius 2 is 2.14 bits per heavy atom. The van der Waals surface area contributed by atoms with Gasteiger partial charge in [0.15, 0.2) is 10.9 Å². The zero-order chi connectivity index (χ0) is 16.3. The third-order valence-electron chi connectivity index (χ3n) is 3.43. The molecule has 1 aromatic heterocycles. The van der Waals surface area contributed by atoms with E-state index in [0.29, 0.717) is 28.8 Å². The number of nitrogens with two attached hydrogens (primary N) is 2. The number of anilines is 2. The van der Waals surface area contributed by atoms with Crippen molar-refractivity contribution in [3.05, 3.63) is 4.88 Å². The van der Waals surface area contributed by atoms with Gasteiger partial charge in [-0.3, -0.25) is 4.79 Å². The molecule has 0 spiro atoms. The van der Waals surface area contributed by atoms with Crippen molar-refractivity contribution >= 4 is 34.2 Å². The van der Waals surface area contributed by atoms with Gasteiger partial charge >= 0.3 is 6.09 Å². The molecule has 22 heavy (non-hydrogen) atoms. The van der Waals surface area contributed by atoms with Gasteiger partial charge in [-0.05, 0) is 39.5 Å². The number of ether oxygens (including phenoxy) is 1. The van der Waals surface area contributed by atoms with Gasteiger partial charge in [0.1, 0.15) is 16.3 Å². The second-order valence-corrected chi connectivity index (χ2v) is 7.08. The van der Waals surface area contributed by atoms with Crippen LogP contribution >= 0.6 is 11.3 Å². The Hall–Kier alpha value is -1.83. The molecule has 0 radical (unpaired) electrons. The fourth-order valence-electron chi connectivity index (χ4n) is 2.15. The third-order valence-corrected chi connectivity index (χ3v) is 4.48. The predicted octanol–water partition coefficient (Wildman–Crippen LogP) is 2.38. The molecule has 1 saturated carbocycles. The van der Waals surface area contributed by atoms with Gasteiger partial charge in [-0.1, -0.05) is 11.3 Å². The highest BCUT2D eigenvalue weighted by atomic mass is 32.1. The molecule has 1 heterocycles. The van der Waals surface area contributed by atoms with Gasteiger partial charge in [0, 0.05) is 12.5 Å². The van der Waals surface area contributed by atoms with Crippen LogP contribution in [-0.4, -0.2) is 29.0 Å². The number of nitrogens with one attached hydrogen (secondary N) is 1. The molecule has 0 atom stereocenters. The number of amides is 1. The van der Waals surface area contributed by atoms with Gasteiger partial charge in [0.2, 0.25) is 0 Å². The molecule has 5 N–H and O–H groups in total. The Kier molecular flexibility index (Phi) is 4.90. The Balaban J connectivity index is 1.79. The lowest BCUT2D eigenvalue weighted by molar-refractivity contribution is 0.0384. The molecule has 1 fully saturated rings. The van der Waals surface area contributed by atoms with Crippen molar-refractivity contribution in [3.63, 3.8) is 0 Å². The number of thiazole rings is 1. The van der Waals surface area contributed by atoms with Crippen molar-refractivity contribution in [2.45, 2.75) is 45.1 Å². The lowest BCUT2D eigenvalue weighted by Crippen LogP contribution is -2.31. The molecular formula is C14H22N4O3S. The molecule has 1 aliphatic rings. The molecular weight excluding hydrogens is 304 g/mol. The van der Waals surface area contributed by atoms with E-state index in [1.54, 1.807) is 0 Å². The highest BCUT2D eigenvalue weighted by Gasteiger charge is 2.33. The van der Waals surface area contributed by atoms with E-state index >= 15 is 0 Å². The highest BCUT2D eigenvalue weighted by molar-refractivity contribution is 7.18. The van der Waals surface area contributed by atoms with Crippen LogP contribution in [0.5, 0.6) is 0 Å². The highest BCUT2D eigenvalue weighted by Crippen LogP contribution is 2.37. The van der Waals surface area contributed by atoms with Crippen molar-refractivity contribution in [1.29, 1.82) is 0 Å². The van der Waals surface area contributed by atoms with Crippen LogP contribution in [0.25, 0.3) is 0 Å². The number of Topliss-reactive ketones (excluding diaryl/α,β-unsaturated/α-hetero) is 1. The van der Waals surface area contributed by atoms with Gasteiger partial charge in [-0.2, -0.15) is 0 Å². The predicted molar refractivity (Wildman–Crippen MR) is 86.1 cm³/mol. The molecule has 0 aliphatic heterocycles. The van der Waals surface area contributed by atoms with E-state index in [-0.39, 0.29) is 11.7 Å². The van der Waals surface area contributed by atoms with E-state index in [4.69, 9.17) is 16.2 Å². The minimum atomic E-state index is -0.770. The summed E-state index contributed by atoms with van der Waals surface area (Å²) in [7, 11) is 0. The summed E-state index contributed by atoms with van der Waals surface area (Å²) in [4.78, 5) is 27.5. The number of ketones is 1. The fourth-order valence-corrected chi connectivity index (χ4v) is 3.08. The molecule has 122 valence electrons. The number of carbonyl (C=O) groups excluding carboxylic acids is 2. The summed E-state index contributed by atoms with van der Waals surface area (Å²) >= 11 is 1.30. The summed E-state index contributed by atoms with van der Waals surface area (Å²) in [6.07, 6.45) is 2.57. The van der Waals surface area contributed by atoms with Gasteiger partial charge in [0.25, 0.3) is 0 Å². The van der Waals surface area contributed by atoms with E-state index in [0.717, 1.165) is 19.3 Å². The van der Waals surface area contributed by atoms with Crippen LogP contribution in [0.3, 0.4) is 0 Å².